The topological polar surface area (TPSA) is 403 Å². The minimum atomic E-state index is 0.400. The van der Waals surface area contributed by atoms with Crippen LogP contribution in [0.2, 0.25) is 0 Å². The summed E-state index contributed by atoms with van der Waals surface area (Å²) in [5, 5.41) is 42.8. The molecule has 0 amide bonds. The number of hydrogen-bond donors (Lipinski definition) is 11. The zero-order valence-corrected chi connectivity index (χ0v) is 61.0. The Bertz CT molecular complexity index is 2910. The molecule has 7 rings (SSSR count). The van der Waals surface area contributed by atoms with Gasteiger partial charge in [0.2, 0.25) is 65.4 Å². The largest absolute Gasteiger partial charge is 0.354 e. The molecule has 0 aromatic carbocycles. The Labute approximate surface area is 581 Å². The van der Waals surface area contributed by atoms with Crippen LogP contribution in [0.25, 0.3) is 0 Å². The van der Waals surface area contributed by atoms with Crippen LogP contribution in [0.3, 0.4) is 0 Å². The highest BCUT2D eigenvalue weighted by molar-refractivity contribution is 8.01. The van der Waals surface area contributed by atoms with Crippen molar-refractivity contribution in [3.8, 4) is 0 Å². The maximum atomic E-state index is 4.85. The molecular formula is C52H82N32S9. The van der Waals surface area contributed by atoms with E-state index in [9.17, 15) is 0 Å². The van der Waals surface area contributed by atoms with Crippen LogP contribution in [0.5, 0.6) is 0 Å². The van der Waals surface area contributed by atoms with E-state index in [4.69, 9.17) is 19.9 Å². The minimum Gasteiger partial charge on any atom is -0.354 e. The van der Waals surface area contributed by atoms with Gasteiger partial charge < -0.3 is 58.5 Å². The molecule has 0 aliphatic rings. The van der Waals surface area contributed by atoms with E-state index in [1.807, 2.05) is 0 Å². The molecule has 0 fully saturated rings. The summed E-state index contributed by atoms with van der Waals surface area (Å²) in [5.41, 5.74) is 0. The van der Waals surface area contributed by atoms with Gasteiger partial charge in [0.1, 0.15) is 5.82 Å². The first-order chi connectivity index (χ1) is 45.6. The predicted octanol–water partition coefficient (Wildman–Crippen LogP) is 8.65. The number of rotatable bonds is 48. The number of nitrogens with zero attached hydrogens (tertiary/aromatic N) is 21. The van der Waals surface area contributed by atoms with Gasteiger partial charge in [-0.05, 0) is 58.2 Å². The number of aryl methyl sites for hydroxylation is 1. The number of thioether (sulfide) groups is 9. The third-order valence-electron chi connectivity index (χ3n) is 11.1. The van der Waals surface area contributed by atoms with Crippen LogP contribution >= 0.6 is 106 Å². The highest BCUT2D eigenvalue weighted by Crippen LogP contribution is 2.24. The molecule has 0 aliphatic carbocycles. The minimum absolute atomic E-state index is 0.400. The van der Waals surface area contributed by atoms with Gasteiger partial charge in [-0.2, -0.15) is 105 Å². The highest BCUT2D eigenvalue weighted by Gasteiger charge is 2.15. The molecular weight excluding hydrogens is 1360 g/mol. The van der Waals surface area contributed by atoms with Crippen LogP contribution in [0, 0.1) is 0 Å². The predicted molar refractivity (Wildman–Crippen MR) is 388 cm³/mol. The van der Waals surface area contributed by atoms with Crippen molar-refractivity contribution in [2.75, 3.05) is 182 Å². The zero-order chi connectivity index (χ0) is 65.7. The van der Waals surface area contributed by atoms with Crippen LogP contribution in [0.4, 0.5) is 65.4 Å². The monoisotopic (exact) mass is 1440 g/mol. The molecule has 0 unspecified atom stereocenters. The van der Waals surface area contributed by atoms with Crippen molar-refractivity contribution in [1.82, 2.24) is 105 Å². The van der Waals surface area contributed by atoms with Gasteiger partial charge in [0.05, 0.1) is 0 Å². The van der Waals surface area contributed by atoms with Gasteiger partial charge >= 0.3 is 0 Å². The second-order valence-electron chi connectivity index (χ2n) is 18.1. The SMILES string of the molecule is CCSc1nc(NCCCc2nc(NCCNc3nc(NCCNc4nc(SCC)nc(SCC)n4)nc(SCC)n3)nc(NCCNc3nc(NCCNc4nc(SCC)nc(SCC)n4)nc(SCC)n3)n2)nc(NCCNc2nc(SCC)nc(SCC)n2)n1. The van der Waals surface area contributed by atoms with E-state index in [0.717, 1.165) is 51.8 Å². The second-order valence-corrected chi connectivity index (χ2v) is 29.1. The van der Waals surface area contributed by atoms with Crippen LogP contribution < -0.4 is 58.5 Å². The summed E-state index contributed by atoms with van der Waals surface area (Å²) in [6, 6.07) is 0. The molecule has 0 saturated heterocycles. The van der Waals surface area contributed by atoms with Crippen molar-refractivity contribution in [1.29, 1.82) is 0 Å². The fourth-order valence-electron chi connectivity index (χ4n) is 7.42. The summed E-state index contributed by atoms with van der Waals surface area (Å²) in [5.74, 6) is 13.3. The lowest BCUT2D eigenvalue weighted by atomic mass is 10.3. The highest BCUT2D eigenvalue weighted by atomic mass is 32.2. The third kappa shape index (κ3) is 28.1. The molecule has 7 aromatic heterocycles. The molecule has 7 heterocycles. The average Bonchev–Trinajstić information content (AvgIpc) is 2.79. The maximum absolute atomic E-state index is 4.85. The Morgan fingerprint density at radius 3 is 0.516 bits per heavy atom. The van der Waals surface area contributed by atoms with Crippen molar-refractivity contribution in [3.63, 3.8) is 0 Å². The molecule has 41 heteroatoms. The van der Waals surface area contributed by atoms with Crippen LogP contribution in [0.1, 0.15) is 74.6 Å². The maximum Gasteiger partial charge on any atom is 0.228 e. The summed E-state index contributed by atoms with van der Waals surface area (Å²) in [4.78, 5) is 97.6. The van der Waals surface area contributed by atoms with Gasteiger partial charge in [0.15, 0.2) is 46.4 Å². The van der Waals surface area contributed by atoms with Gasteiger partial charge in [0, 0.05) is 78.4 Å². The fraction of sp³-hybridized carbons (Fsp3) is 0.596. The fourth-order valence-corrected chi connectivity index (χ4v) is 12.6. The Morgan fingerprint density at radius 1 is 0.183 bits per heavy atom. The van der Waals surface area contributed by atoms with Crippen LogP contribution in [0.15, 0.2) is 46.4 Å². The van der Waals surface area contributed by atoms with E-state index in [1.165, 1.54) is 35.3 Å². The molecule has 0 atom stereocenters. The lowest BCUT2D eigenvalue weighted by Gasteiger charge is -2.13. The first-order valence-electron chi connectivity index (χ1n) is 30.7. The van der Waals surface area contributed by atoms with Crippen molar-refractivity contribution in [3.05, 3.63) is 5.82 Å². The average molecular weight is 1440 g/mol. The molecule has 0 radical (unpaired) electrons. The van der Waals surface area contributed by atoms with E-state index >= 15 is 0 Å². The van der Waals surface area contributed by atoms with Crippen molar-refractivity contribution in [2.45, 2.75) is 122 Å². The summed E-state index contributed by atoms with van der Waals surface area (Å²) in [6.07, 6.45) is 1.17. The molecule has 7 aromatic rings. The first kappa shape index (κ1) is 74.4. The summed E-state index contributed by atoms with van der Waals surface area (Å²) in [7, 11) is 0. The Hall–Kier alpha value is -5.98. The molecule has 0 aliphatic heterocycles. The smallest absolute Gasteiger partial charge is 0.228 e. The first-order valence-corrected chi connectivity index (χ1v) is 39.6. The summed E-state index contributed by atoms with van der Waals surface area (Å²) >= 11 is 14.1. The lowest BCUT2D eigenvalue weighted by Crippen LogP contribution is -2.21. The zero-order valence-electron chi connectivity index (χ0n) is 53.6. The molecule has 11 N–H and O–H groups in total. The molecule has 0 bridgehead atoms. The molecule has 93 heavy (non-hydrogen) atoms. The summed E-state index contributed by atoms with van der Waals surface area (Å²) in [6.45, 7) is 24.1. The van der Waals surface area contributed by atoms with E-state index in [1.54, 1.807) is 70.6 Å². The number of aromatic nitrogens is 21. The lowest BCUT2D eigenvalue weighted by molar-refractivity contribution is 0.778. The van der Waals surface area contributed by atoms with Crippen LogP contribution in [-0.2, 0) is 6.42 Å². The summed E-state index contributed by atoms with van der Waals surface area (Å²) < 4.78 is 0. The third-order valence-corrected chi connectivity index (χ3v) is 17.7. The molecule has 0 spiro atoms. The van der Waals surface area contributed by atoms with E-state index in [-0.39, 0.29) is 0 Å². The number of anilines is 11. The number of hydrogen-bond acceptors (Lipinski definition) is 41. The Kier molecular flexibility index (Phi) is 34.5. The normalized spacial score (nSPS) is 11.1. The van der Waals surface area contributed by atoms with E-state index < -0.39 is 0 Å². The quantitative estimate of drug-likeness (QED) is 0.0125. The van der Waals surface area contributed by atoms with Gasteiger partial charge in [-0.25, -0.2) is 0 Å². The van der Waals surface area contributed by atoms with Crippen molar-refractivity contribution < 1.29 is 0 Å². The Morgan fingerprint density at radius 2 is 0.333 bits per heavy atom. The van der Waals surface area contributed by atoms with Gasteiger partial charge in [0.25, 0.3) is 0 Å². The molecule has 32 nitrogen and oxygen atoms in total. The standard InChI is InChI=1S/C52H82N32S9/c1-10-85-44-70-35(67-36(71-44)58-26-29-61-41-76-47(88-13-4)82-48(77-41)89-14-5)53-21-19-20-32-64-33(54-22-24-56-37-68-39(74-45(72-37)86-11-2)59-27-30-62-42-78-49(90-15-6)83-50(79-42)91-16-7)66-34(65-32)55-23-25-57-38-69-40(75-46(73-38)87-12-3)60-28-31-63-43-80-51(92-17-8)84-52(81-43)93-18-9/h10-31H2,1-9H3,(H,61,76,77,82)(H,62,78,79,83)(H,63,80,81,84)(H2,53,58,67,70,71)(H2,54,55,64,65,66)(H2,56,59,68,72,74)(H2,57,60,69,73,75). The van der Waals surface area contributed by atoms with E-state index in [0.29, 0.717) is 202 Å². The van der Waals surface area contributed by atoms with E-state index in [2.05, 4.69) is 206 Å². The number of nitrogens with one attached hydrogen (secondary N) is 11. The molecule has 504 valence electrons. The van der Waals surface area contributed by atoms with Crippen LogP contribution in [-0.4, -0.2) is 228 Å². The van der Waals surface area contributed by atoms with Crippen molar-refractivity contribution >= 4 is 171 Å². The van der Waals surface area contributed by atoms with Gasteiger partial charge in [-0.1, -0.05) is 168 Å². The van der Waals surface area contributed by atoms with Gasteiger partial charge in [-0.15, -0.1) is 0 Å². The Balaban J connectivity index is 0.969. The second kappa shape index (κ2) is 43.2. The van der Waals surface area contributed by atoms with Crippen molar-refractivity contribution in [2.24, 2.45) is 0 Å². The molecule has 0 saturated carbocycles. The van der Waals surface area contributed by atoms with Gasteiger partial charge in [-0.3, -0.25) is 0 Å².